The minimum absolute atomic E-state index is 0.0509. The SMILES string of the molecule is Cc1ccn(CC(=O)N2CCCN(Cc3cc4ccccc4n(C)c3=O)CC2)n1. The van der Waals surface area contributed by atoms with Crippen LogP contribution in [0.15, 0.2) is 47.4 Å². The van der Waals surface area contributed by atoms with Gasteiger partial charge in [0.05, 0.1) is 11.2 Å². The van der Waals surface area contributed by atoms with Gasteiger partial charge in [-0.1, -0.05) is 18.2 Å². The molecule has 2 aromatic heterocycles. The summed E-state index contributed by atoms with van der Waals surface area (Å²) in [5.41, 5.74) is 2.72. The zero-order valence-electron chi connectivity index (χ0n) is 17.0. The van der Waals surface area contributed by atoms with Crippen molar-refractivity contribution in [3.8, 4) is 0 Å². The monoisotopic (exact) mass is 393 g/mol. The Kier molecular flexibility index (Phi) is 5.49. The second-order valence-corrected chi connectivity index (χ2v) is 7.76. The minimum Gasteiger partial charge on any atom is -0.340 e. The molecule has 3 heterocycles. The highest BCUT2D eigenvalue weighted by atomic mass is 16.2. The summed E-state index contributed by atoms with van der Waals surface area (Å²) >= 11 is 0. The molecular formula is C22H27N5O2. The van der Waals surface area contributed by atoms with Crippen LogP contribution in [0, 0.1) is 6.92 Å². The van der Waals surface area contributed by atoms with Crippen molar-refractivity contribution in [2.75, 3.05) is 26.2 Å². The van der Waals surface area contributed by atoms with E-state index >= 15 is 0 Å². The second-order valence-electron chi connectivity index (χ2n) is 7.76. The number of carbonyl (C=O) groups is 1. The lowest BCUT2D eigenvalue weighted by atomic mass is 10.1. The van der Waals surface area contributed by atoms with Crippen molar-refractivity contribution in [3.63, 3.8) is 0 Å². The Morgan fingerprint density at radius 2 is 1.93 bits per heavy atom. The van der Waals surface area contributed by atoms with Crippen molar-refractivity contribution in [1.82, 2.24) is 24.1 Å². The number of nitrogens with zero attached hydrogens (tertiary/aromatic N) is 5. The Balaban J connectivity index is 1.43. The number of amides is 1. The number of carbonyl (C=O) groups excluding carboxylic acids is 1. The molecule has 1 aliphatic heterocycles. The molecule has 1 aliphatic rings. The highest BCUT2D eigenvalue weighted by Crippen LogP contribution is 2.14. The molecule has 0 atom stereocenters. The summed E-state index contributed by atoms with van der Waals surface area (Å²) in [4.78, 5) is 29.6. The fourth-order valence-electron chi connectivity index (χ4n) is 4.01. The lowest BCUT2D eigenvalue weighted by molar-refractivity contribution is -0.131. The molecule has 1 aromatic carbocycles. The zero-order valence-corrected chi connectivity index (χ0v) is 17.0. The van der Waals surface area contributed by atoms with Crippen molar-refractivity contribution in [2.45, 2.75) is 26.4 Å². The van der Waals surface area contributed by atoms with E-state index in [0.717, 1.165) is 48.2 Å². The number of fused-ring (bicyclic) bond motifs is 1. The predicted molar refractivity (Wildman–Crippen MR) is 113 cm³/mol. The number of pyridine rings is 1. The van der Waals surface area contributed by atoms with Crippen LogP contribution in [0.25, 0.3) is 10.9 Å². The van der Waals surface area contributed by atoms with Gasteiger partial charge in [0.15, 0.2) is 0 Å². The van der Waals surface area contributed by atoms with Gasteiger partial charge in [-0.05, 0) is 36.9 Å². The normalized spacial score (nSPS) is 15.6. The van der Waals surface area contributed by atoms with Gasteiger partial charge in [0.1, 0.15) is 6.54 Å². The molecule has 1 saturated heterocycles. The first-order valence-corrected chi connectivity index (χ1v) is 10.1. The van der Waals surface area contributed by atoms with Gasteiger partial charge in [-0.2, -0.15) is 5.10 Å². The molecule has 0 saturated carbocycles. The third-order valence-corrected chi connectivity index (χ3v) is 5.61. The van der Waals surface area contributed by atoms with Crippen molar-refractivity contribution < 1.29 is 4.79 Å². The van der Waals surface area contributed by atoms with Crippen LogP contribution in [0.1, 0.15) is 17.7 Å². The predicted octanol–water partition coefficient (Wildman–Crippen LogP) is 1.78. The van der Waals surface area contributed by atoms with Gasteiger partial charge in [0.25, 0.3) is 5.56 Å². The first-order chi connectivity index (χ1) is 14.0. The molecule has 152 valence electrons. The van der Waals surface area contributed by atoms with Crippen LogP contribution in [0.4, 0.5) is 0 Å². The number of para-hydroxylation sites is 1. The molecule has 1 fully saturated rings. The first-order valence-electron chi connectivity index (χ1n) is 10.1. The van der Waals surface area contributed by atoms with Gasteiger partial charge in [-0.15, -0.1) is 0 Å². The number of hydrogen-bond donors (Lipinski definition) is 0. The first kappa shape index (κ1) is 19.4. The summed E-state index contributed by atoms with van der Waals surface area (Å²) in [6, 6.07) is 11.9. The van der Waals surface area contributed by atoms with Crippen LogP contribution in [-0.4, -0.2) is 56.2 Å². The molecule has 4 rings (SSSR count). The van der Waals surface area contributed by atoms with Crippen molar-refractivity contribution in [3.05, 3.63) is 64.2 Å². The molecule has 7 nitrogen and oxygen atoms in total. The fraction of sp³-hybridized carbons (Fsp3) is 0.409. The number of hydrogen-bond acceptors (Lipinski definition) is 4. The van der Waals surface area contributed by atoms with E-state index in [-0.39, 0.29) is 18.0 Å². The van der Waals surface area contributed by atoms with Crippen LogP contribution in [0.2, 0.25) is 0 Å². The van der Waals surface area contributed by atoms with Crippen LogP contribution in [-0.2, 0) is 24.9 Å². The Labute approximate surface area is 170 Å². The third-order valence-electron chi connectivity index (χ3n) is 5.61. The second kappa shape index (κ2) is 8.21. The summed E-state index contributed by atoms with van der Waals surface area (Å²) in [6.07, 6.45) is 2.74. The van der Waals surface area contributed by atoms with Crippen molar-refractivity contribution >= 4 is 16.8 Å². The van der Waals surface area contributed by atoms with Gasteiger partial charge in [-0.25, -0.2) is 0 Å². The maximum Gasteiger partial charge on any atom is 0.255 e. The van der Waals surface area contributed by atoms with Crippen molar-refractivity contribution in [1.29, 1.82) is 0 Å². The van der Waals surface area contributed by atoms with Crippen LogP contribution >= 0.6 is 0 Å². The quantitative estimate of drug-likeness (QED) is 0.678. The van der Waals surface area contributed by atoms with Crippen molar-refractivity contribution in [2.24, 2.45) is 7.05 Å². The third kappa shape index (κ3) is 4.24. The lowest BCUT2D eigenvalue weighted by Crippen LogP contribution is -2.37. The maximum atomic E-state index is 12.8. The highest BCUT2D eigenvalue weighted by Gasteiger charge is 2.20. The molecule has 0 spiro atoms. The standard InChI is InChI=1S/C22H27N5O2/c1-17-8-11-27(23-17)16-21(28)26-10-5-9-25(12-13-26)15-19-14-18-6-3-4-7-20(18)24(2)22(19)29/h3-4,6-8,11,14H,5,9-10,12-13,15-16H2,1-2H3. The smallest absolute Gasteiger partial charge is 0.255 e. The van der Waals surface area contributed by atoms with E-state index in [1.807, 2.05) is 61.5 Å². The summed E-state index contributed by atoms with van der Waals surface area (Å²) in [5.74, 6) is 0.0940. The van der Waals surface area contributed by atoms with E-state index in [1.54, 1.807) is 9.25 Å². The van der Waals surface area contributed by atoms with E-state index in [2.05, 4.69) is 10.00 Å². The molecule has 29 heavy (non-hydrogen) atoms. The van der Waals surface area contributed by atoms with Gasteiger partial charge in [-0.3, -0.25) is 19.2 Å². The molecule has 0 radical (unpaired) electrons. The molecule has 7 heteroatoms. The summed E-state index contributed by atoms with van der Waals surface area (Å²) in [7, 11) is 1.83. The fourth-order valence-corrected chi connectivity index (χ4v) is 4.01. The maximum absolute atomic E-state index is 12.8. The number of benzene rings is 1. The Morgan fingerprint density at radius 3 is 2.72 bits per heavy atom. The molecule has 0 aliphatic carbocycles. The summed E-state index contributed by atoms with van der Waals surface area (Å²) < 4.78 is 3.42. The Hall–Kier alpha value is -2.93. The van der Waals surface area contributed by atoms with Gasteiger partial charge in [0, 0.05) is 51.5 Å². The van der Waals surface area contributed by atoms with E-state index in [0.29, 0.717) is 13.1 Å². The summed E-state index contributed by atoms with van der Waals surface area (Å²) in [5, 5.41) is 5.38. The number of aromatic nitrogens is 3. The van der Waals surface area contributed by atoms with E-state index < -0.39 is 0 Å². The highest BCUT2D eigenvalue weighted by molar-refractivity contribution is 5.79. The van der Waals surface area contributed by atoms with Gasteiger partial charge >= 0.3 is 0 Å². The topological polar surface area (TPSA) is 63.4 Å². The van der Waals surface area contributed by atoms with Crippen LogP contribution < -0.4 is 5.56 Å². The lowest BCUT2D eigenvalue weighted by Gasteiger charge is -2.22. The number of rotatable bonds is 4. The Bertz CT molecular complexity index is 1080. The van der Waals surface area contributed by atoms with Gasteiger partial charge in [0.2, 0.25) is 5.91 Å². The zero-order chi connectivity index (χ0) is 20.4. The van der Waals surface area contributed by atoms with Gasteiger partial charge < -0.3 is 9.47 Å². The molecule has 0 bridgehead atoms. The molecule has 0 N–H and O–H groups in total. The van der Waals surface area contributed by atoms with Crippen LogP contribution in [0.3, 0.4) is 0 Å². The average Bonchev–Trinajstić information content (AvgIpc) is 2.97. The molecular weight excluding hydrogens is 366 g/mol. The molecule has 1 amide bonds. The van der Waals surface area contributed by atoms with E-state index in [9.17, 15) is 9.59 Å². The molecule has 3 aromatic rings. The van der Waals surface area contributed by atoms with E-state index in [1.165, 1.54) is 0 Å². The largest absolute Gasteiger partial charge is 0.340 e. The van der Waals surface area contributed by atoms with Crippen LogP contribution in [0.5, 0.6) is 0 Å². The number of aryl methyl sites for hydroxylation is 2. The van der Waals surface area contributed by atoms with E-state index in [4.69, 9.17) is 0 Å². The summed E-state index contributed by atoms with van der Waals surface area (Å²) in [6.45, 7) is 5.86. The Morgan fingerprint density at radius 1 is 1.10 bits per heavy atom. The average molecular weight is 393 g/mol. The molecule has 0 unspecified atom stereocenters. The minimum atomic E-state index is 0.0509.